The molecule has 1 saturated heterocycles. The quantitative estimate of drug-likeness (QED) is 0.500. The molecule has 0 aliphatic carbocycles. The lowest BCUT2D eigenvalue weighted by molar-refractivity contribution is -0.205. The first-order valence-electron chi connectivity index (χ1n) is 4.93. The smallest absolute Gasteiger partial charge is 0.132 e. The summed E-state index contributed by atoms with van der Waals surface area (Å²) in [4.78, 5) is 0. The number of aliphatic hydroxyl groups excluding tert-OH is 4. The molecule has 0 spiro atoms. The van der Waals surface area contributed by atoms with Gasteiger partial charge in [0.05, 0.1) is 6.61 Å². The fourth-order valence-electron chi connectivity index (χ4n) is 1.45. The van der Waals surface area contributed by atoms with E-state index in [2.05, 4.69) is 0 Å². The minimum absolute atomic E-state index is 0.228. The van der Waals surface area contributed by atoms with Gasteiger partial charge in [0.15, 0.2) is 0 Å². The summed E-state index contributed by atoms with van der Waals surface area (Å²) >= 11 is 1.35. The topological polar surface area (TPSA) is 90.2 Å². The third kappa shape index (κ3) is 3.05. The second-order valence-electron chi connectivity index (χ2n) is 3.88. The summed E-state index contributed by atoms with van der Waals surface area (Å²) in [6.07, 6.45) is -4.48. The van der Waals surface area contributed by atoms with Crippen LogP contribution in [0.25, 0.3) is 0 Å². The normalized spacial score (nSPS) is 42.2. The van der Waals surface area contributed by atoms with Gasteiger partial charge in [-0.25, -0.2) is 0 Å². The van der Waals surface area contributed by atoms with Crippen LogP contribution in [0.1, 0.15) is 13.8 Å². The molecule has 1 aliphatic rings. The maximum Gasteiger partial charge on any atom is 0.132 e. The monoisotopic (exact) mass is 238 g/mol. The second kappa shape index (κ2) is 5.47. The van der Waals surface area contributed by atoms with Crippen LogP contribution in [0.5, 0.6) is 0 Å². The van der Waals surface area contributed by atoms with E-state index in [1.807, 2.05) is 13.8 Å². The van der Waals surface area contributed by atoms with Crippen molar-refractivity contribution in [1.82, 2.24) is 0 Å². The molecule has 4 N–H and O–H groups in total. The SMILES string of the molecule is CC(C)S[C@@H]1OC(CO)[C@@H](O)[C@@H](O)C1O. The van der Waals surface area contributed by atoms with Gasteiger partial charge in [0.2, 0.25) is 0 Å². The van der Waals surface area contributed by atoms with Crippen LogP contribution in [0, 0.1) is 0 Å². The molecule has 2 unspecified atom stereocenters. The summed E-state index contributed by atoms with van der Waals surface area (Å²) in [5, 5.41) is 37.8. The summed E-state index contributed by atoms with van der Waals surface area (Å²) in [5.41, 5.74) is -0.611. The highest BCUT2D eigenvalue weighted by molar-refractivity contribution is 8.00. The maximum absolute atomic E-state index is 9.63. The maximum atomic E-state index is 9.63. The van der Waals surface area contributed by atoms with Gasteiger partial charge in [0, 0.05) is 5.25 Å². The highest BCUT2D eigenvalue weighted by Gasteiger charge is 2.43. The Bertz CT molecular complexity index is 199. The van der Waals surface area contributed by atoms with E-state index in [0.29, 0.717) is 0 Å². The summed E-state index contributed by atoms with van der Waals surface area (Å²) < 4.78 is 5.29. The molecule has 1 fully saturated rings. The molecule has 0 aromatic rings. The zero-order chi connectivity index (χ0) is 11.6. The van der Waals surface area contributed by atoms with Crippen LogP contribution in [0.2, 0.25) is 0 Å². The summed E-state index contributed by atoms with van der Waals surface area (Å²) in [5.74, 6) is 0. The van der Waals surface area contributed by atoms with Crippen molar-refractivity contribution >= 4 is 11.8 Å². The Morgan fingerprint density at radius 1 is 1.13 bits per heavy atom. The van der Waals surface area contributed by atoms with Crippen molar-refractivity contribution in [3.63, 3.8) is 0 Å². The van der Waals surface area contributed by atoms with Gasteiger partial charge in [-0.2, -0.15) is 0 Å². The minimum Gasteiger partial charge on any atom is -0.394 e. The first-order valence-corrected chi connectivity index (χ1v) is 5.87. The molecule has 90 valence electrons. The van der Waals surface area contributed by atoms with E-state index in [1.165, 1.54) is 11.8 Å². The molecule has 1 rings (SSSR count). The van der Waals surface area contributed by atoms with Gasteiger partial charge in [0.25, 0.3) is 0 Å². The number of thioether (sulfide) groups is 1. The van der Waals surface area contributed by atoms with Crippen LogP contribution in [0.3, 0.4) is 0 Å². The number of ether oxygens (including phenoxy) is 1. The van der Waals surface area contributed by atoms with Crippen molar-refractivity contribution < 1.29 is 25.2 Å². The van der Waals surface area contributed by atoms with E-state index in [-0.39, 0.29) is 11.9 Å². The van der Waals surface area contributed by atoms with E-state index in [9.17, 15) is 15.3 Å². The summed E-state index contributed by atoms with van der Waals surface area (Å²) in [6.45, 7) is 3.50. The van der Waals surface area contributed by atoms with Crippen LogP contribution in [-0.2, 0) is 4.74 Å². The fraction of sp³-hybridized carbons (Fsp3) is 1.00. The Kier molecular flexibility index (Phi) is 4.82. The molecule has 1 heterocycles. The summed E-state index contributed by atoms with van der Waals surface area (Å²) in [7, 11) is 0. The minimum atomic E-state index is -1.27. The predicted octanol–water partition coefficient (Wildman–Crippen LogP) is -1.07. The van der Waals surface area contributed by atoms with E-state index in [1.54, 1.807) is 0 Å². The second-order valence-corrected chi connectivity index (χ2v) is 5.56. The Hall–Kier alpha value is 0.150. The van der Waals surface area contributed by atoms with E-state index < -0.39 is 29.9 Å². The molecular weight excluding hydrogens is 220 g/mol. The van der Waals surface area contributed by atoms with Crippen LogP contribution >= 0.6 is 11.8 Å². The van der Waals surface area contributed by atoms with Crippen molar-refractivity contribution in [2.24, 2.45) is 0 Å². The molecule has 5 atom stereocenters. The van der Waals surface area contributed by atoms with Crippen molar-refractivity contribution in [3.8, 4) is 0 Å². The molecule has 0 saturated carbocycles. The number of rotatable bonds is 3. The zero-order valence-electron chi connectivity index (χ0n) is 8.78. The molecule has 6 heteroatoms. The molecule has 0 aromatic heterocycles. The van der Waals surface area contributed by atoms with Gasteiger partial charge in [-0.05, 0) is 0 Å². The largest absolute Gasteiger partial charge is 0.394 e. The predicted molar refractivity (Wildman–Crippen MR) is 56.5 cm³/mol. The van der Waals surface area contributed by atoms with Gasteiger partial charge < -0.3 is 25.2 Å². The van der Waals surface area contributed by atoms with Crippen LogP contribution in [0.4, 0.5) is 0 Å². The van der Waals surface area contributed by atoms with Crippen molar-refractivity contribution in [2.45, 2.75) is 48.9 Å². The Morgan fingerprint density at radius 2 is 1.73 bits per heavy atom. The van der Waals surface area contributed by atoms with E-state index >= 15 is 0 Å². The summed E-state index contributed by atoms with van der Waals surface area (Å²) in [6, 6.07) is 0. The molecule has 15 heavy (non-hydrogen) atoms. The van der Waals surface area contributed by atoms with Crippen molar-refractivity contribution in [2.75, 3.05) is 6.61 Å². The van der Waals surface area contributed by atoms with Crippen LogP contribution < -0.4 is 0 Å². The van der Waals surface area contributed by atoms with Crippen molar-refractivity contribution in [1.29, 1.82) is 0 Å². The Morgan fingerprint density at radius 3 is 2.20 bits per heavy atom. The average molecular weight is 238 g/mol. The Labute approximate surface area is 93.1 Å². The number of hydrogen-bond donors (Lipinski definition) is 4. The highest BCUT2D eigenvalue weighted by atomic mass is 32.2. The lowest BCUT2D eigenvalue weighted by atomic mass is 10.0. The van der Waals surface area contributed by atoms with E-state index in [4.69, 9.17) is 9.84 Å². The van der Waals surface area contributed by atoms with Gasteiger partial charge in [-0.1, -0.05) is 13.8 Å². The first kappa shape index (κ1) is 13.2. The number of aliphatic hydroxyl groups is 4. The van der Waals surface area contributed by atoms with Gasteiger partial charge in [-0.3, -0.25) is 0 Å². The van der Waals surface area contributed by atoms with E-state index in [0.717, 1.165) is 0 Å². The lowest BCUT2D eigenvalue weighted by Crippen LogP contribution is -2.57. The molecule has 0 radical (unpaired) electrons. The van der Waals surface area contributed by atoms with Crippen LogP contribution in [0.15, 0.2) is 0 Å². The molecular formula is C9H18O5S. The fourth-order valence-corrected chi connectivity index (χ4v) is 2.51. The lowest BCUT2D eigenvalue weighted by Gasteiger charge is -2.40. The van der Waals surface area contributed by atoms with Gasteiger partial charge in [-0.15, -0.1) is 11.8 Å². The first-order chi connectivity index (χ1) is 6.97. The average Bonchev–Trinajstić information content (AvgIpc) is 2.18. The Balaban J connectivity index is 2.65. The third-order valence-electron chi connectivity index (χ3n) is 2.25. The van der Waals surface area contributed by atoms with Crippen molar-refractivity contribution in [3.05, 3.63) is 0 Å². The standard InChI is InChI=1S/C9H18O5S/c1-4(2)15-9-8(13)7(12)6(11)5(3-10)14-9/h4-13H,3H2,1-2H3/t5?,6-,7-,8?,9+/m1/s1. The highest BCUT2D eigenvalue weighted by Crippen LogP contribution is 2.30. The number of hydrogen-bond acceptors (Lipinski definition) is 6. The zero-order valence-corrected chi connectivity index (χ0v) is 9.59. The van der Waals surface area contributed by atoms with Gasteiger partial charge >= 0.3 is 0 Å². The molecule has 0 aromatic carbocycles. The molecule has 1 aliphatic heterocycles. The molecule has 0 bridgehead atoms. The molecule has 5 nitrogen and oxygen atoms in total. The third-order valence-corrected chi connectivity index (χ3v) is 3.46. The van der Waals surface area contributed by atoms with Crippen LogP contribution in [-0.4, -0.2) is 62.1 Å². The van der Waals surface area contributed by atoms with Gasteiger partial charge in [0.1, 0.15) is 29.9 Å². The molecule has 0 amide bonds.